The third kappa shape index (κ3) is 4.04. The lowest BCUT2D eigenvalue weighted by atomic mass is 10.2. The zero-order valence-corrected chi connectivity index (χ0v) is 14.9. The second-order valence-electron chi connectivity index (χ2n) is 5.31. The number of hydrogen-bond acceptors (Lipinski definition) is 4. The summed E-state index contributed by atoms with van der Waals surface area (Å²) in [5.74, 6) is -0.692. The first-order chi connectivity index (χ1) is 11.0. The molecule has 0 radical (unpaired) electrons. The summed E-state index contributed by atoms with van der Waals surface area (Å²) >= 11 is 0. The van der Waals surface area contributed by atoms with Crippen molar-refractivity contribution in [3.8, 4) is 0 Å². The van der Waals surface area contributed by atoms with E-state index in [0.717, 1.165) is 28.3 Å². The molecule has 6 nitrogen and oxygen atoms in total. The molecule has 2 aromatic rings. The summed E-state index contributed by atoms with van der Waals surface area (Å²) in [6.07, 6.45) is 0.967. The van der Waals surface area contributed by atoms with Crippen LogP contribution in [0.4, 0.5) is 15.8 Å². The van der Waals surface area contributed by atoms with Gasteiger partial charge in [0, 0.05) is 13.1 Å². The van der Waals surface area contributed by atoms with Crippen molar-refractivity contribution in [1.29, 1.82) is 0 Å². The van der Waals surface area contributed by atoms with E-state index in [1.165, 1.54) is 25.2 Å². The van der Waals surface area contributed by atoms with Crippen LogP contribution < -0.4 is 9.03 Å². The molecule has 0 aliphatic carbocycles. The minimum Gasteiger partial charge on any atom is -0.277 e. The molecule has 130 valence electrons. The lowest BCUT2D eigenvalue weighted by Gasteiger charge is -2.21. The lowest BCUT2D eigenvalue weighted by Crippen LogP contribution is -2.26. The topological polar surface area (TPSA) is 83.6 Å². The minimum atomic E-state index is -3.99. The quantitative estimate of drug-likeness (QED) is 0.873. The summed E-state index contributed by atoms with van der Waals surface area (Å²) in [4.78, 5) is -0.00896. The zero-order chi connectivity index (χ0) is 18.1. The Labute approximate surface area is 141 Å². The Balaban J connectivity index is 2.49. The van der Waals surface area contributed by atoms with Crippen molar-refractivity contribution in [2.24, 2.45) is 0 Å². The van der Waals surface area contributed by atoms with Crippen LogP contribution in [0.1, 0.15) is 5.56 Å². The van der Waals surface area contributed by atoms with Crippen LogP contribution in [0.2, 0.25) is 0 Å². The van der Waals surface area contributed by atoms with E-state index in [4.69, 9.17) is 0 Å². The number of anilines is 2. The van der Waals surface area contributed by atoms with Gasteiger partial charge in [0.25, 0.3) is 10.0 Å². The fraction of sp³-hybridized carbons (Fsp3) is 0.200. The summed E-state index contributed by atoms with van der Waals surface area (Å²) in [5.41, 5.74) is 0.746. The molecule has 2 rings (SSSR count). The molecule has 1 N–H and O–H groups in total. The largest absolute Gasteiger partial charge is 0.277 e. The average molecular weight is 372 g/mol. The van der Waals surface area contributed by atoms with Gasteiger partial charge in [-0.1, -0.05) is 17.7 Å². The van der Waals surface area contributed by atoms with Gasteiger partial charge in [-0.3, -0.25) is 9.03 Å². The Kier molecular flexibility index (Phi) is 4.86. The molecule has 0 heterocycles. The molecule has 0 amide bonds. The third-order valence-electron chi connectivity index (χ3n) is 3.37. The van der Waals surface area contributed by atoms with E-state index in [2.05, 4.69) is 4.72 Å². The maximum Gasteiger partial charge on any atom is 0.261 e. The van der Waals surface area contributed by atoms with Gasteiger partial charge in [-0.25, -0.2) is 21.2 Å². The van der Waals surface area contributed by atoms with Gasteiger partial charge in [-0.15, -0.1) is 0 Å². The van der Waals surface area contributed by atoms with E-state index < -0.39 is 25.9 Å². The van der Waals surface area contributed by atoms with Crippen LogP contribution in [0.5, 0.6) is 0 Å². The van der Waals surface area contributed by atoms with Gasteiger partial charge in [-0.05, 0) is 31.2 Å². The maximum atomic E-state index is 13.5. The van der Waals surface area contributed by atoms with Crippen molar-refractivity contribution in [2.45, 2.75) is 11.8 Å². The average Bonchev–Trinajstić information content (AvgIpc) is 2.46. The van der Waals surface area contributed by atoms with Crippen molar-refractivity contribution in [2.75, 3.05) is 22.3 Å². The first-order valence-electron chi connectivity index (χ1n) is 6.83. The highest BCUT2D eigenvalue weighted by Gasteiger charge is 2.21. The number of aryl methyl sites for hydroxylation is 1. The Bertz CT molecular complexity index is 955. The molecule has 0 saturated heterocycles. The van der Waals surface area contributed by atoms with Crippen molar-refractivity contribution >= 4 is 31.4 Å². The van der Waals surface area contributed by atoms with Gasteiger partial charge < -0.3 is 0 Å². The highest BCUT2D eigenvalue weighted by Crippen LogP contribution is 2.29. The molecule has 0 aliphatic rings. The minimum absolute atomic E-state index is 0.00896. The summed E-state index contributed by atoms with van der Waals surface area (Å²) in [6.45, 7) is 1.82. The summed E-state index contributed by atoms with van der Waals surface area (Å²) in [6, 6.07) is 9.27. The highest BCUT2D eigenvalue weighted by molar-refractivity contribution is 7.93. The van der Waals surface area contributed by atoms with E-state index >= 15 is 0 Å². The molecule has 9 heteroatoms. The Morgan fingerprint density at radius 2 is 1.58 bits per heavy atom. The SMILES string of the molecule is Cc1ccc(S(=O)(=O)Nc2cc(F)ccc2N(C)S(C)(=O)=O)cc1. The van der Waals surface area contributed by atoms with Crippen molar-refractivity contribution in [3.05, 3.63) is 53.8 Å². The number of halogens is 1. The van der Waals surface area contributed by atoms with E-state index in [9.17, 15) is 21.2 Å². The lowest BCUT2D eigenvalue weighted by molar-refractivity contribution is 0.597. The van der Waals surface area contributed by atoms with Crippen LogP contribution in [-0.2, 0) is 20.0 Å². The predicted molar refractivity (Wildman–Crippen MR) is 91.6 cm³/mol. The van der Waals surface area contributed by atoms with Crippen molar-refractivity contribution in [1.82, 2.24) is 0 Å². The van der Waals surface area contributed by atoms with E-state index in [-0.39, 0.29) is 16.3 Å². The molecule has 0 unspecified atom stereocenters. The van der Waals surface area contributed by atoms with E-state index in [1.54, 1.807) is 12.1 Å². The second-order valence-corrected chi connectivity index (χ2v) is 9.01. The Hall–Kier alpha value is -2.13. The molecule has 0 fully saturated rings. The van der Waals surface area contributed by atoms with Gasteiger partial charge in [0.15, 0.2) is 0 Å². The van der Waals surface area contributed by atoms with Crippen LogP contribution >= 0.6 is 0 Å². The fourth-order valence-electron chi connectivity index (χ4n) is 1.96. The third-order valence-corrected chi connectivity index (χ3v) is 5.94. The zero-order valence-electron chi connectivity index (χ0n) is 13.3. The molecule has 24 heavy (non-hydrogen) atoms. The Morgan fingerprint density at radius 1 is 1.00 bits per heavy atom. The van der Waals surface area contributed by atoms with E-state index in [1.807, 2.05) is 6.92 Å². The van der Waals surface area contributed by atoms with Crippen molar-refractivity contribution in [3.63, 3.8) is 0 Å². The maximum absolute atomic E-state index is 13.5. The number of hydrogen-bond donors (Lipinski definition) is 1. The van der Waals surface area contributed by atoms with Crippen molar-refractivity contribution < 1.29 is 21.2 Å². The Morgan fingerprint density at radius 3 is 2.12 bits per heavy atom. The van der Waals surface area contributed by atoms with Gasteiger partial charge >= 0.3 is 0 Å². The van der Waals surface area contributed by atoms with Gasteiger partial charge in [-0.2, -0.15) is 0 Å². The van der Waals surface area contributed by atoms with Crippen LogP contribution in [0.25, 0.3) is 0 Å². The molecule has 2 aromatic carbocycles. The molecular formula is C15H17FN2O4S2. The number of nitrogens with one attached hydrogen (secondary N) is 1. The predicted octanol–water partition coefficient (Wildman–Crippen LogP) is 2.33. The number of benzene rings is 2. The van der Waals surface area contributed by atoms with E-state index in [0.29, 0.717) is 0 Å². The molecular weight excluding hydrogens is 355 g/mol. The molecule has 0 aliphatic heterocycles. The second kappa shape index (κ2) is 6.40. The van der Waals surface area contributed by atoms with Gasteiger partial charge in [0.1, 0.15) is 5.82 Å². The number of nitrogens with zero attached hydrogens (tertiary/aromatic N) is 1. The monoisotopic (exact) mass is 372 g/mol. The van der Waals surface area contributed by atoms with Gasteiger partial charge in [0.05, 0.1) is 22.5 Å². The fourth-order valence-corrected chi connectivity index (χ4v) is 3.55. The number of rotatable bonds is 5. The molecule has 0 bridgehead atoms. The first-order valence-corrected chi connectivity index (χ1v) is 10.2. The summed E-state index contributed by atoms with van der Waals surface area (Å²) in [7, 11) is -6.37. The molecule has 0 saturated carbocycles. The van der Waals surface area contributed by atoms with Crippen LogP contribution in [-0.4, -0.2) is 30.1 Å². The smallest absolute Gasteiger partial charge is 0.261 e. The highest BCUT2D eigenvalue weighted by atomic mass is 32.2. The molecule has 0 aromatic heterocycles. The number of sulfonamides is 2. The first kappa shape index (κ1) is 18.2. The van der Waals surface area contributed by atoms with Crippen LogP contribution in [0, 0.1) is 12.7 Å². The summed E-state index contributed by atoms with van der Waals surface area (Å²) in [5, 5.41) is 0. The molecule has 0 atom stereocenters. The summed E-state index contributed by atoms with van der Waals surface area (Å²) < 4.78 is 64.9. The normalized spacial score (nSPS) is 12.0. The standard InChI is InChI=1S/C15H17FN2O4S2/c1-11-4-7-13(8-5-11)24(21,22)17-14-10-12(16)6-9-15(14)18(2)23(3,19)20/h4-10,17H,1-3H3. The van der Waals surface area contributed by atoms with Crippen LogP contribution in [0.15, 0.2) is 47.4 Å². The van der Waals surface area contributed by atoms with Crippen LogP contribution in [0.3, 0.4) is 0 Å². The van der Waals surface area contributed by atoms with Gasteiger partial charge in [0.2, 0.25) is 10.0 Å². The molecule has 0 spiro atoms.